The Morgan fingerprint density at radius 3 is 2.79 bits per heavy atom. The van der Waals surface area contributed by atoms with Crippen molar-refractivity contribution in [2.75, 3.05) is 0 Å². The molecule has 1 heterocycles. The zero-order valence-corrected chi connectivity index (χ0v) is 17.8. The number of rotatable bonds is 6. The molecule has 2 aromatic carbocycles. The average Bonchev–Trinajstić information content (AvgIpc) is 3.12. The van der Waals surface area contributed by atoms with E-state index in [0.29, 0.717) is 11.7 Å². The first-order valence-electron chi connectivity index (χ1n) is 8.94. The molecule has 0 fully saturated rings. The molecule has 0 unspecified atom stereocenters. The molecule has 0 radical (unpaired) electrons. The molecule has 0 aliphatic carbocycles. The highest BCUT2D eigenvalue weighted by molar-refractivity contribution is 9.10. The molecule has 3 aromatic rings. The van der Waals surface area contributed by atoms with E-state index < -0.39 is 6.10 Å². The van der Waals surface area contributed by atoms with Gasteiger partial charge in [-0.25, -0.2) is 0 Å². The van der Waals surface area contributed by atoms with Crippen LogP contribution in [0.5, 0.6) is 5.75 Å². The van der Waals surface area contributed by atoms with Crippen LogP contribution >= 0.6 is 15.9 Å². The maximum Gasteiger partial charge on any atom is 0.261 e. The fourth-order valence-electron chi connectivity index (χ4n) is 2.75. The highest BCUT2D eigenvalue weighted by Gasteiger charge is 2.18. The minimum Gasteiger partial charge on any atom is -0.481 e. The Morgan fingerprint density at radius 2 is 2.04 bits per heavy atom. The van der Waals surface area contributed by atoms with Crippen molar-refractivity contribution < 1.29 is 14.1 Å². The van der Waals surface area contributed by atoms with Gasteiger partial charge in [0.2, 0.25) is 11.7 Å². The Bertz CT molecular complexity index is 1000. The van der Waals surface area contributed by atoms with Gasteiger partial charge in [-0.05, 0) is 62.6 Å². The number of halogens is 1. The lowest BCUT2D eigenvalue weighted by Crippen LogP contribution is -2.36. The maximum absolute atomic E-state index is 12.4. The summed E-state index contributed by atoms with van der Waals surface area (Å²) in [6.07, 6.45) is -0.646. The summed E-state index contributed by atoms with van der Waals surface area (Å²) in [5, 5.41) is 6.73. The van der Waals surface area contributed by atoms with Gasteiger partial charge in [-0.1, -0.05) is 39.3 Å². The molecule has 146 valence electrons. The number of carbonyl (C=O) groups excluding carboxylic acids is 1. The number of carbonyl (C=O) groups is 1. The summed E-state index contributed by atoms with van der Waals surface area (Å²) in [6.45, 7) is 7.87. The van der Waals surface area contributed by atoms with Gasteiger partial charge in [0.15, 0.2) is 6.10 Å². The number of aryl methyl sites for hydroxylation is 2. The van der Waals surface area contributed by atoms with Gasteiger partial charge in [0.1, 0.15) is 5.75 Å². The summed E-state index contributed by atoms with van der Waals surface area (Å²) in [7, 11) is 0. The highest BCUT2D eigenvalue weighted by atomic mass is 79.9. The van der Waals surface area contributed by atoms with Gasteiger partial charge in [-0.15, -0.1) is 0 Å². The molecule has 1 aromatic heterocycles. The van der Waals surface area contributed by atoms with Crippen LogP contribution < -0.4 is 10.1 Å². The quantitative estimate of drug-likeness (QED) is 0.606. The van der Waals surface area contributed by atoms with E-state index >= 15 is 0 Å². The molecule has 0 saturated carbocycles. The number of amides is 1. The van der Waals surface area contributed by atoms with Crippen molar-refractivity contribution in [1.82, 2.24) is 15.5 Å². The molecule has 6 nitrogen and oxygen atoms in total. The van der Waals surface area contributed by atoms with E-state index in [0.717, 1.165) is 32.5 Å². The summed E-state index contributed by atoms with van der Waals surface area (Å²) >= 11 is 3.42. The Labute approximate surface area is 172 Å². The van der Waals surface area contributed by atoms with Crippen LogP contribution in [-0.4, -0.2) is 22.2 Å². The third-order valence-corrected chi connectivity index (χ3v) is 4.90. The predicted molar refractivity (Wildman–Crippen MR) is 110 cm³/mol. The van der Waals surface area contributed by atoms with Crippen molar-refractivity contribution in [3.8, 4) is 17.1 Å². The van der Waals surface area contributed by atoms with E-state index in [-0.39, 0.29) is 12.5 Å². The van der Waals surface area contributed by atoms with Gasteiger partial charge >= 0.3 is 0 Å². The molecule has 0 aliphatic rings. The smallest absolute Gasteiger partial charge is 0.261 e. The molecule has 1 amide bonds. The monoisotopic (exact) mass is 443 g/mol. The Morgan fingerprint density at radius 1 is 1.25 bits per heavy atom. The van der Waals surface area contributed by atoms with E-state index in [2.05, 4.69) is 37.5 Å². The van der Waals surface area contributed by atoms with Gasteiger partial charge in [0.25, 0.3) is 5.91 Å². The first kappa shape index (κ1) is 20.1. The number of nitrogens with one attached hydrogen (secondary N) is 1. The first-order chi connectivity index (χ1) is 13.3. The van der Waals surface area contributed by atoms with E-state index in [1.165, 1.54) is 0 Å². The van der Waals surface area contributed by atoms with Crippen LogP contribution in [0.15, 0.2) is 45.4 Å². The van der Waals surface area contributed by atoms with Gasteiger partial charge in [-0.2, -0.15) is 4.98 Å². The normalized spacial score (nSPS) is 11.9. The van der Waals surface area contributed by atoms with Crippen LogP contribution in [0.25, 0.3) is 11.4 Å². The topological polar surface area (TPSA) is 77.2 Å². The van der Waals surface area contributed by atoms with Gasteiger partial charge < -0.3 is 14.6 Å². The second-order valence-electron chi connectivity index (χ2n) is 6.70. The summed E-state index contributed by atoms with van der Waals surface area (Å²) < 4.78 is 12.0. The zero-order valence-electron chi connectivity index (χ0n) is 16.2. The van der Waals surface area contributed by atoms with E-state index in [1.807, 2.05) is 51.1 Å². The molecule has 28 heavy (non-hydrogen) atoms. The van der Waals surface area contributed by atoms with Crippen LogP contribution in [0.4, 0.5) is 0 Å². The lowest BCUT2D eigenvalue weighted by molar-refractivity contribution is -0.127. The Balaban J connectivity index is 1.60. The van der Waals surface area contributed by atoms with E-state index in [1.54, 1.807) is 6.92 Å². The fourth-order valence-corrected chi connectivity index (χ4v) is 3.14. The number of ether oxygens (including phenoxy) is 1. The number of hydrogen-bond donors (Lipinski definition) is 1. The summed E-state index contributed by atoms with van der Waals surface area (Å²) in [5.74, 6) is 1.27. The molecular formula is C21H22BrN3O3. The molecular weight excluding hydrogens is 422 g/mol. The molecule has 0 spiro atoms. The standard InChI is InChI=1S/C21H22BrN3O3/c1-12-8-13(2)14(3)18(9-12)27-15(4)21(26)23-11-19-24-20(25-28-19)16-6-5-7-17(22)10-16/h5-10,15H,11H2,1-4H3,(H,23,26)/t15-/m0/s1. The largest absolute Gasteiger partial charge is 0.481 e. The number of hydrogen-bond acceptors (Lipinski definition) is 5. The van der Waals surface area contributed by atoms with Gasteiger partial charge in [0, 0.05) is 10.0 Å². The zero-order chi connectivity index (χ0) is 20.3. The Hall–Kier alpha value is -2.67. The van der Waals surface area contributed by atoms with Crippen LogP contribution in [0, 0.1) is 20.8 Å². The molecule has 7 heteroatoms. The summed E-state index contributed by atoms with van der Waals surface area (Å²) in [4.78, 5) is 16.7. The minimum absolute atomic E-state index is 0.138. The molecule has 0 bridgehead atoms. The number of benzene rings is 2. The van der Waals surface area contributed by atoms with Crippen molar-refractivity contribution in [1.29, 1.82) is 0 Å². The lowest BCUT2D eigenvalue weighted by Gasteiger charge is -2.17. The SMILES string of the molecule is Cc1cc(C)c(C)c(O[C@@H](C)C(=O)NCc2nc(-c3cccc(Br)c3)no2)c1. The second kappa shape index (κ2) is 8.56. The highest BCUT2D eigenvalue weighted by Crippen LogP contribution is 2.24. The molecule has 0 saturated heterocycles. The van der Waals surface area contributed by atoms with Crippen LogP contribution in [0.2, 0.25) is 0 Å². The fraction of sp³-hybridized carbons (Fsp3) is 0.286. The predicted octanol–water partition coefficient (Wildman–Crippen LogP) is 4.51. The number of nitrogens with zero attached hydrogens (tertiary/aromatic N) is 2. The summed E-state index contributed by atoms with van der Waals surface area (Å²) in [6, 6.07) is 11.6. The lowest BCUT2D eigenvalue weighted by atomic mass is 10.1. The van der Waals surface area contributed by atoms with Crippen molar-refractivity contribution in [2.24, 2.45) is 0 Å². The van der Waals surface area contributed by atoms with Crippen molar-refractivity contribution in [3.63, 3.8) is 0 Å². The summed E-state index contributed by atoms with van der Waals surface area (Å²) in [5.41, 5.74) is 4.09. The number of aromatic nitrogens is 2. The second-order valence-corrected chi connectivity index (χ2v) is 7.62. The minimum atomic E-state index is -0.646. The van der Waals surface area contributed by atoms with Crippen molar-refractivity contribution >= 4 is 21.8 Å². The average molecular weight is 444 g/mol. The van der Waals surface area contributed by atoms with Crippen molar-refractivity contribution in [3.05, 3.63) is 63.5 Å². The third kappa shape index (κ3) is 4.78. The molecule has 3 rings (SSSR count). The first-order valence-corrected chi connectivity index (χ1v) is 9.73. The van der Waals surface area contributed by atoms with Gasteiger partial charge in [0.05, 0.1) is 6.54 Å². The van der Waals surface area contributed by atoms with Crippen LogP contribution in [0.1, 0.15) is 29.5 Å². The molecule has 0 aliphatic heterocycles. The molecule has 1 N–H and O–H groups in total. The van der Waals surface area contributed by atoms with E-state index in [4.69, 9.17) is 9.26 Å². The van der Waals surface area contributed by atoms with Crippen molar-refractivity contribution in [2.45, 2.75) is 40.3 Å². The van der Waals surface area contributed by atoms with Crippen LogP contribution in [0.3, 0.4) is 0 Å². The van der Waals surface area contributed by atoms with Gasteiger partial charge in [-0.3, -0.25) is 4.79 Å². The van der Waals surface area contributed by atoms with E-state index in [9.17, 15) is 4.79 Å². The Kier molecular flexibility index (Phi) is 6.14. The molecule has 1 atom stereocenters. The third-order valence-electron chi connectivity index (χ3n) is 4.40. The maximum atomic E-state index is 12.4. The van der Waals surface area contributed by atoms with Crippen LogP contribution in [-0.2, 0) is 11.3 Å².